The van der Waals surface area contributed by atoms with Crippen LogP contribution in [0.4, 0.5) is 5.82 Å². The Morgan fingerprint density at radius 2 is 2.13 bits per heavy atom. The highest BCUT2D eigenvalue weighted by molar-refractivity contribution is 6.33. The summed E-state index contributed by atoms with van der Waals surface area (Å²) in [5, 5.41) is 13.8. The Balaban J connectivity index is 1.23. The summed E-state index contributed by atoms with van der Waals surface area (Å²) in [5.41, 5.74) is 3.46. The third kappa shape index (κ3) is 3.01. The van der Waals surface area contributed by atoms with Crippen LogP contribution in [0, 0.1) is 0 Å². The van der Waals surface area contributed by atoms with Crippen LogP contribution in [0.1, 0.15) is 23.7 Å². The summed E-state index contributed by atoms with van der Waals surface area (Å²) in [6.07, 6.45) is 2.09. The first-order valence-corrected chi connectivity index (χ1v) is 10.4. The zero-order valence-corrected chi connectivity index (χ0v) is 16.7. The van der Waals surface area contributed by atoms with Gasteiger partial charge in [-0.05, 0) is 30.5 Å². The van der Waals surface area contributed by atoms with Crippen LogP contribution in [0.25, 0.3) is 11.2 Å². The average Bonchev–Trinajstić information content (AvgIpc) is 3.49. The van der Waals surface area contributed by atoms with E-state index in [0.29, 0.717) is 34.6 Å². The molecule has 10 heteroatoms. The number of rotatable bonds is 4. The molecule has 0 unspecified atom stereocenters. The van der Waals surface area contributed by atoms with Crippen LogP contribution in [0.2, 0.25) is 5.02 Å². The first kappa shape index (κ1) is 18.3. The number of nitrogens with zero attached hydrogens (tertiary/aromatic N) is 3. The maximum Gasteiger partial charge on any atom is 0.296 e. The topological polar surface area (TPSA) is 114 Å². The average molecular weight is 430 g/mol. The molecule has 3 aromatic rings. The van der Waals surface area contributed by atoms with Crippen molar-refractivity contribution in [1.82, 2.24) is 19.9 Å². The number of aryl methyl sites for hydroxylation is 1. The number of hydrogen-bond acceptors (Lipinski definition) is 8. The van der Waals surface area contributed by atoms with Crippen molar-refractivity contribution < 1.29 is 19.3 Å². The lowest BCUT2D eigenvalue weighted by Crippen LogP contribution is -2.34. The van der Waals surface area contributed by atoms with E-state index in [0.717, 1.165) is 18.5 Å². The minimum Gasteiger partial charge on any atom is -0.456 e. The van der Waals surface area contributed by atoms with Crippen LogP contribution >= 0.6 is 11.6 Å². The van der Waals surface area contributed by atoms with Gasteiger partial charge in [0.2, 0.25) is 0 Å². The standard InChI is InChI=1S/C20H20ClN5O4/c21-10-6-12-19(25-18(10)23-11-4-3-9-2-1-5-22-15(9)11)26-20(24-12)30-14-8-29-16-13(27)7-28-17(14)16/h1-2,5-6,11,13-14,16-17,27H,3-4,7-8H2,(H2,23,24,25,26)/t11-,13-,14-,16-,17-/m1/s1. The largest absolute Gasteiger partial charge is 0.456 e. The van der Waals surface area contributed by atoms with Gasteiger partial charge in [-0.15, -0.1) is 0 Å². The molecule has 0 amide bonds. The molecule has 3 N–H and O–H groups in total. The molecule has 0 spiro atoms. The molecule has 3 aromatic heterocycles. The van der Waals surface area contributed by atoms with Crippen molar-refractivity contribution in [2.45, 2.75) is 43.3 Å². The Labute approximate surface area is 176 Å². The number of H-pyrrole nitrogens is 1. The molecule has 0 bridgehead atoms. The summed E-state index contributed by atoms with van der Waals surface area (Å²) < 4.78 is 17.1. The number of nitrogens with one attached hydrogen (secondary N) is 2. The van der Waals surface area contributed by atoms with Gasteiger partial charge in [0.05, 0.1) is 35.5 Å². The summed E-state index contributed by atoms with van der Waals surface area (Å²) in [6, 6.07) is 6.22. The third-order valence-electron chi connectivity index (χ3n) is 5.92. The number of ether oxygens (including phenoxy) is 3. The molecule has 2 aliphatic heterocycles. The lowest BCUT2D eigenvalue weighted by molar-refractivity contribution is 0.00706. The molecular weight excluding hydrogens is 410 g/mol. The molecule has 0 radical (unpaired) electrons. The van der Waals surface area contributed by atoms with Crippen LogP contribution in [0.3, 0.4) is 0 Å². The number of aliphatic hydroxyl groups is 1. The van der Waals surface area contributed by atoms with Gasteiger partial charge in [-0.25, -0.2) is 4.98 Å². The van der Waals surface area contributed by atoms with E-state index >= 15 is 0 Å². The highest BCUT2D eigenvalue weighted by atomic mass is 35.5. The van der Waals surface area contributed by atoms with Gasteiger partial charge in [-0.1, -0.05) is 17.7 Å². The van der Waals surface area contributed by atoms with Crippen LogP contribution in [-0.4, -0.2) is 62.7 Å². The number of pyridine rings is 2. The Morgan fingerprint density at radius 1 is 1.23 bits per heavy atom. The Kier molecular flexibility index (Phi) is 4.31. The van der Waals surface area contributed by atoms with Crippen molar-refractivity contribution in [1.29, 1.82) is 0 Å². The van der Waals surface area contributed by atoms with Crippen molar-refractivity contribution in [3.05, 3.63) is 40.7 Å². The molecule has 0 saturated carbocycles. The van der Waals surface area contributed by atoms with Gasteiger partial charge in [0.1, 0.15) is 24.1 Å². The van der Waals surface area contributed by atoms with Gasteiger partial charge in [0.15, 0.2) is 11.8 Å². The van der Waals surface area contributed by atoms with Crippen molar-refractivity contribution in [2.75, 3.05) is 18.5 Å². The quantitative estimate of drug-likeness (QED) is 0.577. The van der Waals surface area contributed by atoms with Gasteiger partial charge < -0.3 is 29.6 Å². The third-order valence-corrected chi connectivity index (χ3v) is 6.21. The van der Waals surface area contributed by atoms with Crippen LogP contribution in [-0.2, 0) is 15.9 Å². The summed E-state index contributed by atoms with van der Waals surface area (Å²) in [7, 11) is 0. The predicted octanol–water partition coefficient (Wildman–Crippen LogP) is 2.01. The predicted molar refractivity (Wildman–Crippen MR) is 108 cm³/mol. The molecule has 2 fully saturated rings. The Hall–Kier alpha value is -2.46. The Bertz CT molecular complexity index is 1110. The summed E-state index contributed by atoms with van der Waals surface area (Å²) in [4.78, 5) is 16.6. The minimum absolute atomic E-state index is 0.0665. The van der Waals surface area contributed by atoms with Crippen molar-refractivity contribution in [3.8, 4) is 6.01 Å². The lowest BCUT2D eigenvalue weighted by Gasteiger charge is -2.15. The minimum atomic E-state index is -0.622. The van der Waals surface area contributed by atoms with Gasteiger partial charge in [0, 0.05) is 6.20 Å². The fourth-order valence-electron chi connectivity index (χ4n) is 4.46. The first-order valence-electron chi connectivity index (χ1n) is 10.0. The molecule has 30 heavy (non-hydrogen) atoms. The van der Waals surface area contributed by atoms with E-state index in [9.17, 15) is 5.11 Å². The van der Waals surface area contributed by atoms with E-state index in [1.807, 2.05) is 6.07 Å². The second-order valence-electron chi connectivity index (χ2n) is 7.83. The van der Waals surface area contributed by atoms with Gasteiger partial charge in [-0.3, -0.25) is 4.98 Å². The highest BCUT2D eigenvalue weighted by Gasteiger charge is 2.48. The second kappa shape index (κ2) is 7.05. The molecule has 156 valence electrons. The summed E-state index contributed by atoms with van der Waals surface area (Å²) >= 11 is 6.48. The fourth-order valence-corrected chi connectivity index (χ4v) is 4.67. The van der Waals surface area contributed by atoms with Gasteiger partial charge in [-0.2, -0.15) is 4.98 Å². The van der Waals surface area contributed by atoms with E-state index in [2.05, 4.69) is 31.3 Å². The summed E-state index contributed by atoms with van der Waals surface area (Å²) in [6.45, 7) is 0.583. The van der Waals surface area contributed by atoms with Crippen molar-refractivity contribution >= 4 is 28.6 Å². The number of aromatic amines is 1. The highest BCUT2D eigenvalue weighted by Crippen LogP contribution is 2.35. The molecule has 1 aliphatic carbocycles. The van der Waals surface area contributed by atoms with Gasteiger partial charge in [0.25, 0.3) is 6.01 Å². The van der Waals surface area contributed by atoms with Crippen LogP contribution in [0.15, 0.2) is 24.4 Å². The maximum atomic E-state index is 9.87. The van der Waals surface area contributed by atoms with Crippen LogP contribution < -0.4 is 10.1 Å². The van der Waals surface area contributed by atoms with E-state index in [1.165, 1.54) is 5.56 Å². The van der Waals surface area contributed by atoms with E-state index < -0.39 is 6.10 Å². The number of aromatic nitrogens is 4. The smallest absolute Gasteiger partial charge is 0.296 e. The molecule has 9 nitrogen and oxygen atoms in total. The monoisotopic (exact) mass is 429 g/mol. The van der Waals surface area contributed by atoms with Crippen molar-refractivity contribution in [3.63, 3.8) is 0 Å². The van der Waals surface area contributed by atoms with E-state index in [-0.39, 0.29) is 31.0 Å². The molecule has 6 rings (SSSR count). The second-order valence-corrected chi connectivity index (χ2v) is 8.24. The molecule has 5 heterocycles. The Morgan fingerprint density at radius 3 is 3.07 bits per heavy atom. The van der Waals surface area contributed by atoms with Crippen molar-refractivity contribution in [2.24, 2.45) is 0 Å². The number of halogens is 1. The fraction of sp³-hybridized carbons (Fsp3) is 0.450. The number of aliphatic hydroxyl groups excluding tert-OH is 1. The molecule has 5 atom stereocenters. The van der Waals surface area contributed by atoms with Gasteiger partial charge >= 0.3 is 0 Å². The zero-order valence-electron chi connectivity index (χ0n) is 15.9. The lowest BCUT2D eigenvalue weighted by atomic mass is 10.1. The molecule has 2 saturated heterocycles. The van der Waals surface area contributed by atoms with E-state index in [4.69, 9.17) is 25.8 Å². The normalized spacial score (nSPS) is 29.9. The zero-order chi connectivity index (χ0) is 20.2. The number of hydrogen-bond donors (Lipinski definition) is 3. The van der Waals surface area contributed by atoms with E-state index in [1.54, 1.807) is 12.3 Å². The maximum absolute atomic E-state index is 9.87. The molecule has 0 aromatic carbocycles. The molecular formula is C20H20ClN5O4. The number of fused-ring (bicyclic) bond motifs is 3. The van der Waals surface area contributed by atoms with Crippen LogP contribution in [0.5, 0.6) is 6.01 Å². The number of anilines is 1. The molecule has 3 aliphatic rings. The SMILES string of the molecule is O[C@@H]1CO[C@H]2[C@@H]1OC[C@H]2Oc1nc2nc(N[C@@H]3CCc4cccnc43)c(Cl)cc2[nH]1. The first-order chi connectivity index (χ1) is 14.7. The number of imidazole rings is 1. The summed E-state index contributed by atoms with van der Waals surface area (Å²) in [5.74, 6) is 0.567.